The van der Waals surface area contributed by atoms with Crippen LogP contribution in [-0.2, 0) is 11.3 Å². The van der Waals surface area contributed by atoms with E-state index in [2.05, 4.69) is 10.3 Å². The summed E-state index contributed by atoms with van der Waals surface area (Å²) >= 11 is 0. The van der Waals surface area contributed by atoms with Gasteiger partial charge in [-0.1, -0.05) is 6.07 Å². The monoisotopic (exact) mass is 305 g/mol. The molecule has 0 bridgehead atoms. The number of hydrogen-bond donors (Lipinski definition) is 1. The molecule has 1 aromatic heterocycles. The van der Waals surface area contributed by atoms with Gasteiger partial charge in [0.05, 0.1) is 12.2 Å². The molecule has 2 heterocycles. The van der Waals surface area contributed by atoms with Crippen LogP contribution in [-0.4, -0.2) is 35.4 Å². The van der Waals surface area contributed by atoms with Crippen molar-refractivity contribution in [2.45, 2.75) is 31.8 Å². The lowest BCUT2D eigenvalue weighted by atomic mass is 10.1. The Balaban J connectivity index is 0.00000162. The lowest BCUT2D eigenvalue weighted by Crippen LogP contribution is -2.33. The van der Waals surface area contributed by atoms with Crippen molar-refractivity contribution in [1.82, 2.24) is 15.2 Å². The van der Waals surface area contributed by atoms with Crippen LogP contribution in [0.5, 0.6) is 0 Å². The highest BCUT2D eigenvalue weighted by molar-refractivity contribution is 5.85. The first-order valence-corrected chi connectivity index (χ1v) is 6.13. The highest BCUT2D eigenvalue weighted by Crippen LogP contribution is 2.10. The van der Waals surface area contributed by atoms with Crippen molar-refractivity contribution < 1.29 is 4.79 Å². The van der Waals surface area contributed by atoms with Crippen LogP contribution in [0.3, 0.4) is 0 Å². The Morgan fingerprint density at radius 2 is 2.26 bits per heavy atom. The SMILES string of the molecule is CN(Cc1ccccn1)C(=O)CC1CCCN1.Cl.Cl. The highest BCUT2D eigenvalue weighted by atomic mass is 35.5. The fourth-order valence-electron chi connectivity index (χ4n) is 2.12. The van der Waals surface area contributed by atoms with Crippen molar-refractivity contribution in [3.63, 3.8) is 0 Å². The number of rotatable bonds is 4. The number of amides is 1. The summed E-state index contributed by atoms with van der Waals surface area (Å²) in [6, 6.07) is 6.14. The van der Waals surface area contributed by atoms with Crippen molar-refractivity contribution in [2.75, 3.05) is 13.6 Å². The molecule has 1 fully saturated rings. The molecule has 1 saturated heterocycles. The molecule has 1 aliphatic heterocycles. The van der Waals surface area contributed by atoms with Crippen LogP contribution in [0.2, 0.25) is 0 Å². The van der Waals surface area contributed by atoms with Crippen molar-refractivity contribution in [3.8, 4) is 0 Å². The van der Waals surface area contributed by atoms with Crippen LogP contribution in [0.25, 0.3) is 0 Å². The summed E-state index contributed by atoms with van der Waals surface area (Å²) in [7, 11) is 1.84. The molecule has 2 rings (SSSR count). The Labute approximate surface area is 126 Å². The van der Waals surface area contributed by atoms with E-state index in [1.54, 1.807) is 11.1 Å². The van der Waals surface area contributed by atoms with Gasteiger partial charge in [0, 0.05) is 25.7 Å². The molecule has 0 spiro atoms. The molecule has 1 amide bonds. The lowest BCUT2D eigenvalue weighted by molar-refractivity contribution is -0.130. The van der Waals surface area contributed by atoms with Gasteiger partial charge in [-0.05, 0) is 31.5 Å². The largest absolute Gasteiger partial charge is 0.340 e. The van der Waals surface area contributed by atoms with E-state index in [0.29, 0.717) is 19.0 Å². The second-order valence-electron chi connectivity index (χ2n) is 4.57. The highest BCUT2D eigenvalue weighted by Gasteiger charge is 2.19. The van der Waals surface area contributed by atoms with Gasteiger partial charge < -0.3 is 10.2 Å². The van der Waals surface area contributed by atoms with E-state index in [1.807, 2.05) is 25.2 Å². The van der Waals surface area contributed by atoms with Gasteiger partial charge in [-0.25, -0.2) is 0 Å². The maximum Gasteiger partial charge on any atom is 0.224 e. The number of aromatic nitrogens is 1. The fourth-order valence-corrected chi connectivity index (χ4v) is 2.12. The summed E-state index contributed by atoms with van der Waals surface area (Å²) in [5.41, 5.74) is 0.933. The van der Waals surface area contributed by atoms with E-state index in [-0.39, 0.29) is 30.7 Å². The van der Waals surface area contributed by atoms with E-state index >= 15 is 0 Å². The quantitative estimate of drug-likeness (QED) is 0.926. The zero-order valence-electron chi connectivity index (χ0n) is 11.0. The fraction of sp³-hybridized carbons (Fsp3) is 0.538. The number of carbonyl (C=O) groups excluding carboxylic acids is 1. The molecule has 1 aliphatic rings. The van der Waals surface area contributed by atoms with E-state index in [0.717, 1.165) is 18.7 Å². The van der Waals surface area contributed by atoms with Crippen molar-refractivity contribution in [2.24, 2.45) is 0 Å². The summed E-state index contributed by atoms with van der Waals surface area (Å²) in [6.07, 6.45) is 4.65. The summed E-state index contributed by atoms with van der Waals surface area (Å²) < 4.78 is 0. The number of hydrogen-bond acceptors (Lipinski definition) is 3. The molecule has 0 radical (unpaired) electrons. The van der Waals surface area contributed by atoms with Gasteiger partial charge in [0.1, 0.15) is 0 Å². The first kappa shape index (κ1) is 18.2. The molecule has 4 nitrogen and oxygen atoms in total. The predicted molar refractivity (Wildman–Crippen MR) is 80.8 cm³/mol. The molecule has 1 aromatic rings. The van der Waals surface area contributed by atoms with Gasteiger partial charge in [0.15, 0.2) is 0 Å². The first-order chi connectivity index (χ1) is 8.25. The van der Waals surface area contributed by atoms with E-state index < -0.39 is 0 Å². The standard InChI is InChI=1S/C13H19N3O.2ClH/c1-16(10-12-5-2-3-7-15-12)13(17)9-11-6-4-8-14-11;;/h2-3,5,7,11,14H,4,6,8-10H2,1H3;2*1H. The van der Waals surface area contributed by atoms with E-state index in [9.17, 15) is 4.79 Å². The van der Waals surface area contributed by atoms with E-state index in [1.165, 1.54) is 6.42 Å². The van der Waals surface area contributed by atoms with E-state index in [4.69, 9.17) is 0 Å². The minimum Gasteiger partial charge on any atom is -0.340 e. The third-order valence-corrected chi connectivity index (χ3v) is 3.13. The average molecular weight is 306 g/mol. The Bertz CT molecular complexity index is 369. The normalized spacial score (nSPS) is 17.2. The summed E-state index contributed by atoms with van der Waals surface area (Å²) in [5.74, 6) is 0.190. The molecule has 1 unspecified atom stereocenters. The average Bonchev–Trinajstić information content (AvgIpc) is 2.83. The Hall–Kier alpha value is -0.840. The van der Waals surface area contributed by atoms with Gasteiger partial charge in [-0.3, -0.25) is 9.78 Å². The summed E-state index contributed by atoms with van der Waals surface area (Å²) in [4.78, 5) is 17.9. The maximum absolute atomic E-state index is 12.0. The number of nitrogens with one attached hydrogen (secondary N) is 1. The van der Waals surface area contributed by atoms with Crippen LogP contribution in [0.15, 0.2) is 24.4 Å². The number of halogens is 2. The van der Waals surface area contributed by atoms with Crippen LogP contribution < -0.4 is 5.32 Å². The van der Waals surface area contributed by atoms with Crippen LogP contribution in [0, 0.1) is 0 Å². The molecule has 6 heteroatoms. The first-order valence-electron chi connectivity index (χ1n) is 6.13. The second-order valence-corrected chi connectivity index (χ2v) is 4.57. The zero-order chi connectivity index (χ0) is 12.1. The molecule has 19 heavy (non-hydrogen) atoms. The lowest BCUT2D eigenvalue weighted by Gasteiger charge is -2.19. The number of pyridine rings is 1. The third-order valence-electron chi connectivity index (χ3n) is 3.13. The molecule has 1 N–H and O–H groups in total. The van der Waals surface area contributed by atoms with Gasteiger partial charge in [-0.2, -0.15) is 0 Å². The van der Waals surface area contributed by atoms with Gasteiger partial charge in [-0.15, -0.1) is 24.8 Å². The van der Waals surface area contributed by atoms with Gasteiger partial charge >= 0.3 is 0 Å². The van der Waals surface area contributed by atoms with Gasteiger partial charge in [0.2, 0.25) is 5.91 Å². The topological polar surface area (TPSA) is 45.2 Å². The Morgan fingerprint density at radius 3 is 2.84 bits per heavy atom. The number of carbonyl (C=O) groups is 1. The maximum atomic E-state index is 12.0. The van der Waals surface area contributed by atoms with Crippen LogP contribution in [0.1, 0.15) is 25.0 Å². The molecular weight excluding hydrogens is 285 g/mol. The van der Waals surface area contributed by atoms with Crippen molar-refractivity contribution >= 4 is 30.7 Å². The second kappa shape index (κ2) is 9.13. The zero-order valence-corrected chi connectivity index (χ0v) is 12.7. The van der Waals surface area contributed by atoms with Gasteiger partial charge in [0.25, 0.3) is 0 Å². The molecular formula is C13H21Cl2N3O. The Morgan fingerprint density at radius 1 is 1.47 bits per heavy atom. The van der Waals surface area contributed by atoms with Crippen molar-refractivity contribution in [1.29, 1.82) is 0 Å². The Kier molecular flexibility index (Phi) is 8.72. The smallest absolute Gasteiger partial charge is 0.224 e. The van der Waals surface area contributed by atoms with Crippen LogP contribution >= 0.6 is 24.8 Å². The minimum atomic E-state index is 0. The van der Waals surface area contributed by atoms with Crippen molar-refractivity contribution in [3.05, 3.63) is 30.1 Å². The molecule has 108 valence electrons. The summed E-state index contributed by atoms with van der Waals surface area (Å²) in [5, 5.41) is 3.34. The third kappa shape index (κ3) is 5.76. The van der Waals surface area contributed by atoms with Crippen LogP contribution in [0.4, 0.5) is 0 Å². The predicted octanol–water partition coefficient (Wildman–Crippen LogP) is 2.03. The number of nitrogens with zero attached hydrogens (tertiary/aromatic N) is 2. The molecule has 1 atom stereocenters. The summed E-state index contributed by atoms with van der Waals surface area (Å²) in [6.45, 7) is 1.63. The molecule has 0 aromatic carbocycles. The minimum absolute atomic E-state index is 0. The molecule has 0 saturated carbocycles. The molecule has 0 aliphatic carbocycles.